The fraction of sp³-hybridized carbons (Fsp3) is 0.833. The van der Waals surface area contributed by atoms with Crippen LogP contribution in [-0.2, 0) is 4.79 Å². The van der Waals surface area contributed by atoms with E-state index in [-0.39, 0.29) is 11.9 Å². The van der Waals surface area contributed by atoms with Gasteiger partial charge in [-0.3, -0.25) is 9.10 Å². The number of hydrogen-bond acceptors (Lipinski definition) is 3. The zero-order chi connectivity index (χ0) is 7.84. The van der Waals surface area contributed by atoms with Gasteiger partial charge in [0.2, 0.25) is 0 Å². The van der Waals surface area contributed by atoms with Crippen molar-refractivity contribution in [1.29, 1.82) is 0 Å². The van der Waals surface area contributed by atoms with Crippen LogP contribution in [0.3, 0.4) is 0 Å². The molecule has 0 aliphatic carbocycles. The van der Waals surface area contributed by atoms with Crippen LogP contribution in [0.15, 0.2) is 0 Å². The van der Waals surface area contributed by atoms with Crippen molar-refractivity contribution in [3.8, 4) is 0 Å². The van der Waals surface area contributed by atoms with E-state index in [0.29, 0.717) is 6.00 Å². The molecule has 0 bridgehead atoms. The van der Waals surface area contributed by atoms with Gasteiger partial charge < -0.3 is 0 Å². The Bertz CT molecular complexity index is 189. The lowest BCUT2D eigenvalue weighted by Gasteiger charge is -2.10. The molecule has 0 aromatic carbocycles. The largest absolute Gasteiger partial charge is 0.272 e. The summed E-state index contributed by atoms with van der Waals surface area (Å²) in [5.41, 5.74) is 0. The van der Waals surface area contributed by atoms with Gasteiger partial charge in [-0.15, -0.1) is 11.6 Å². The van der Waals surface area contributed by atoms with Crippen molar-refractivity contribution in [3.05, 3.63) is 0 Å². The maximum atomic E-state index is 11.4. The summed E-state index contributed by atoms with van der Waals surface area (Å²) in [6, 6.07) is 0.426. The molecule has 1 atom stereocenters. The summed E-state index contributed by atoms with van der Waals surface area (Å²) in [5, 5.41) is 0. The zero-order valence-corrected chi connectivity index (χ0v) is 7.57. The van der Waals surface area contributed by atoms with Gasteiger partial charge in [-0.05, 0) is 12.8 Å². The van der Waals surface area contributed by atoms with Crippen LogP contribution < -0.4 is 0 Å². The Morgan fingerprint density at radius 1 is 1.73 bits per heavy atom. The number of fused-ring (bicyclic) bond motifs is 1. The zero-order valence-electron chi connectivity index (χ0n) is 5.99. The van der Waals surface area contributed by atoms with Gasteiger partial charge in [0.15, 0.2) is 0 Å². The quantitative estimate of drug-likeness (QED) is 0.353. The molecule has 5 heteroatoms. The first-order valence-corrected chi connectivity index (χ1v) is 4.91. The Morgan fingerprint density at radius 2 is 2.55 bits per heavy atom. The van der Waals surface area contributed by atoms with Crippen LogP contribution in [0, 0.1) is 0 Å². The van der Waals surface area contributed by atoms with Crippen LogP contribution in [0.5, 0.6) is 0 Å². The highest BCUT2D eigenvalue weighted by molar-refractivity contribution is 7.95. The maximum Gasteiger partial charge on any atom is 0.252 e. The Morgan fingerprint density at radius 3 is 3.18 bits per heavy atom. The van der Waals surface area contributed by atoms with Crippen molar-refractivity contribution in [3.63, 3.8) is 0 Å². The highest BCUT2D eigenvalue weighted by Crippen LogP contribution is 2.36. The van der Waals surface area contributed by atoms with Crippen molar-refractivity contribution < 1.29 is 4.79 Å². The summed E-state index contributed by atoms with van der Waals surface area (Å²) in [6.45, 7) is 1.02. The van der Waals surface area contributed by atoms with Crippen LogP contribution >= 0.6 is 23.7 Å². The summed E-state index contributed by atoms with van der Waals surface area (Å²) in [7, 11) is 0. The number of carbonyl (C=O) groups excluding carboxylic acids is 1. The topological polar surface area (TPSA) is 23.6 Å². The molecule has 2 rings (SSSR count). The average molecular weight is 193 g/mol. The summed E-state index contributed by atoms with van der Waals surface area (Å²) in [4.78, 5) is 11.4. The SMILES string of the molecule is O=C1C2CCCN2SN1CCl. The highest BCUT2D eigenvalue weighted by atomic mass is 35.5. The minimum absolute atomic E-state index is 0.124. The molecule has 62 valence electrons. The van der Waals surface area contributed by atoms with Crippen LogP contribution in [0.25, 0.3) is 0 Å². The van der Waals surface area contributed by atoms with Crippen LogP contribution in [-0.4, -0.2) is 33.1 Å². The number of amides is 1. The van der Waals surface area contributed by atoms with Crippen molar-refractivity contribution in [2.45, 2.75) is 18.9 Å². The number of alkyl halides is 1. The van der Waals surface area contributed by atoms with Gasteiger partial charge in [0.1, 0.15) is 12.0 Å². The van der Waals surface area contributed by atoms with E-state index >= 15 is 0 Å². The normalized spacial score (nSPS) is 31.5. The van der Waals surface area contributed by atoms with Crippen molar-refractivity contribution in [1.82, 2.24) is 8.61 Å². The van der Waals surface area contributed by atoms with E-state index in [1.807, 2.05) is 0 Å². The molecule has 1 unspecified atom stereocenters. The Balaban J connectivity index is 2.10. The molecular weight excluding hydrogens is 184 g/mol. The average Bonchev–Trinajstić information content (AvgIpc) is 2.53. The van der Waals surface area contributed by atoms with Crippen LogP contribution in [0.1, 0.15) is 12.8 Å². The van der Waals surface area contributed by atoms with Crippen molar-refractivity contribution in [2.75, 3.05) is 12.5 Å². The number of carbonyl (C=O) groups is 1. The number of rotatable bonds is 1. The number of halogens is 1. The van der Waals surface area contributed by atoms with E-state index in [9.17, 15) is 4.79 Å². The molecule has 1 amide bonds. The molecule has 2 aliphatic rings. The van der Waals surface area contributed by atoms with Crippen molar-refractivity contribution in [2.24, 2.45) is 0 Å². The second-order valence-corrected chi connectivity index (χ2v) is 4.03. The van der Waals surface area contributed by atoms with E-state index in [0.717, 1.165) is 19.4 Å². The third-order valence-corrected chi connectivity index (χ3v) is 3.58. The second-order valence-electron chi connectivity index (χ2n) is 2.72. The van der Waals surface area contributed by atoms with Crippen LogP contribution in [0.2, 0.25) is 0 Å². The fourth-order valence-corrected chi connectivity index (χ4v) is 2.77. The summed E-state index contributed by atoms with van der Waals surface area (Å²) >= 11 is 7.05. The van der Waals surface area contributed by atoms with E-state index in [2.05, 4.69) is 4.31 Å². The lowest BCUT2D eigenvalue weighted by molar-refractivity contribution is -0.126. The summed E-state index contributed by atoms with van der Waals surface area (Å²) < 4.78 is 3.73. The summed E-state index contributed by atoms with van der Waals surface area (Å²) in [5.74, 6) is 0.183. The second kappa shape index (κ2) is 2.84. The first-order valence-electron chi connectivity index (χ1n) is 3.65. The molecule has 0 aromatic heterocycles. The summed E-state index contributed by atoms with van der Waals surface area (Å²) in [6.07, 6.45) is 2.14. The molecule has 2 fully saturated rings. The first kappa shape index (κ1) is 7.71. The van der Waals surface area contributed by atoms with Gasteiger partial charge in [-0.1, -0.05) is 0 Å². The molecule has 3 nitrogen and oxygen atoms in total. The standard InChI is InChI=1S/C6H9ClN2OS/c7-4-9-6(10)5-2-1-3-8(5)11-9/h5H,1-4H2. The molecule has 2 heterocycles. The monoisotopic (exact) mass is 192 g/mol. The third kappa shape index (κ3) is 1.13. The third-order valence-electron chi connectivity index (χ3n) is 2.05. The minimum atomic E-state index is 0.124. The predicted molar refractivity (Wildman–Crippen MR) is 44.9 cm³/mol. The molecule has 2 saturated heterocycles. The van der Waals surface area contributed by atoms with Gasteiger partial charge >= 0.3 is 0 Å². The Labute approximate surface area is 74.9 Å². The van der Waals surface area contributed by atoms with Gasteiger partial charge in [-0.25, -0.2) is 4.31 Å². The number of hydrogen-bond donors (Lipinski definition) is 0. The lowest BCUT2D eigenvalue weighted by Crippen LogP contribution is -2.27. The minimum Gasteiger partial charge on any atom is -0.272 e. The molecule has 0 N–H and O–H groups in total. The molecule has 2 aliphatic heterocycles. The van der Waals surface area contributed by atoms with Gasteiger partial charge in [0.25, 0.3) is 5.91 Å². The fourth-order valence-electron chi connectivity index (χ4n) is 1.50. The smallest absolute Gasteiger partial charge is 0.252 e. The molecule has 0 saturated carbocycles. The van der Waals surface area contributed by atoms with Gasteiger partial charge in [-0.2, -0.15) is 0 Å². The van der Waals surface area contributed by atoms with E-state index < -0.39 is 0 Å². The molecule has 0 aromatic rings. The molecule has 0 radical (unpaired) electrons. The Kier molecular flexibility index (Phi) is 1.99. The molecule has 0 spiro atoms. The van der Waals surface area contributed by atoms with E-state index in [1.54, 1.807) is 4.31 Å². The van der Waals surface area contributed by atoms with E-state index in [1.165, 1.54) is 12.1 Å². The van der Waals surface area contributed by atoms with E-state index in [4.69, 9.17) is 11.6 Å². The number of nitrogens with zero attached hydrogens (tertiary/aromatic N) is 2. The Hall–Kier alpha value is 0.0700. The van der Waals surface area contributed by atoms with Gasteiger partial charge in [0, 0.05) is 18.7 Å². The van der Waals surface area contributed by atoms with Gasteiger partial charge in [0.05, 0.1) is 0 Å². The van der Waals surface area contributed by atoms with Crippen LogP contribution in [0.4, 0.5) is 0 Å². The lowest BCUT2D eigenvalue weighted by atomic mass is 10.2. The first-order chi connectivity index (χ1) is 5.33. The highest BCUT2D eigenvalue weighted by Gasteiger charge is 2.42. The molecule has 11 heavy (non-hydrogen) atoms. The van der Waals surface area contributed by atoms with Crippen molar-refractivity contribution >= 4 is 29.6 Å². The predicted octanol–water partition coefficient (Wildman–Crippen LogP) is 1.05. The molecular formula is C6H9ClN2OS. The maximum absolute atomic E-state index is 11.4.